The van der Waals surface area contributed by atoms with Crippen molar-refractivity contribution in [3.63, 3.8) is 0 Å². The molecule has 0 saturated carbocycles. The number of halogens is 1. The summed E-state index contributed by atoms with van der Waals surface area (Å²) in [6.07, 6.45) is 5.61. The van der Waals surface area contributed by atoms with Crippen LogP contribution in [-0.4, -0.2) is 66.9 Å². The number of nitrogens with zero attached hydrogens (tertiary/aromatic N) is 6. The SMILES string of the molecule is CC1CN(c2ccc(Nc3ncc4ccn(Cc5cc(F)cnc5N(C)S(C)(=O)=O)c4n3)cc2)CCN1. The Balaban J connectivity index is 1.38. The first-order valence-corrected chi connectivity index (χ1v) is 13.8. The topological polar surface area (TPSA) is 108 Å². The van der Waals surface area contributed by atoms with Crippen LogP contribution >= 0.6 is 0 Å². The molecule has 0 amide bonds. The third kappa shape index (κ3) is 5.49. The van der Waals surface area contributed by atoms with Crippen LogP contribution < -0.4 is 19.8 Å². The zero-order valence-corrected chi connectivity index (χ0v) is 21.7. The van der Waals surface area contributed by atoms with E-state index in [0.29, 0.717) is 23.2 Å². The number of nitrogens with one attached hydrogen (secondary N) is 2. The van der Waals surface area contributed by atoms with Crippen LogP contribution in [0, 0.1) is 5.82 Å². The van der Waals surface area contributed by atoms with E-state index in [1.807, 2.05) is 29.0 Å². The molecule has 0 spiro atoms. The minimum absolute atomic E-state index is 0.164. The molecule has 1 atom stereocenters. The summed E-state index contributed by atoms with van der Waals surface area (Å²) in [5, 5.41) is 7.50. The second-order valence-electron chi connectivity index (χ2n) is 9.26. The molecule has 4 heterocycles. The van der Waals surface area contributed by atoms with Crippen molar-refractivity contribution in [1.82, 2.24) is 24.8 Å². The lowest BCUT2D eigenvalue weighted by molar-refractivity contribution is 0.485. The maximum Gasteiger partial charge on any atom is 0.233 e. The van der Waals surface area contributed by atoms with Crippen LogP contribution in [0.15, 0.2) is 55.0 Å². The van der Waals surface area contributed by atoms with Crippen molar-refractivity contribution in [3.8, 4) is 0 Å². The number of hydrogen-bond acceptors (Lipinski definition) is 8. The Morgan fingerprint density at radius 1 is 1.19 bits per heavy atom. The summed E-state index contributed by atoms with van der Waals surface area (Å²) in [6.45, 7) is 5.26. The van der Waals surface area contributed by atoms with Gasteiger partial charge in [-0.05, 0) is 43.3 Å². The van der Waals surface area contributed by atoms with Gasteiger partial charge in [0.25, 0.3) is 0 Å². The molecular formula is C25H29FN8O2S. The maximum absolute atomic E-state index is 14.0. The van der Waals surface area contributed by atoms with Crippen molar-refractivity contribution < 1.29 is 12.8 Å². The van der Waals surface area contributed by atoms with Gasteiger partial charge in [-0.15, -0.1) is 0 Å². The van der Waals surface area contributed by atoms with Crippen molar-refractivity contribution >= 4 is 44.2 Å². The zero-order valence-electron chi connectivity index (χ0n) is 20.9. The van der Waals surface area contributed by atoms with Crippen LogP contribution in [0.25, 0.3) is 11.0 Å². The van der Waals surface area contributed by atoms with Gasteiger partial charge in [0.05, 0.1) is 19.0 Å². The number of fused-ring (bicyclic) bond motifs is 1. The third-order valence-corrected chi connectivity index (χ3v) is 7.57. The van der Waals surface area contributed by atoms with Gasteiger partial charge < -0.3 is 20.1 Å². The Kier molecular flexibility index (Phi) is 6.69. The van der Waals surface area contributed by atoms with Crippen LogP contribution in [0.4, 0.5) is 27.5 Å². The zero-order chi connectivity index (χ0) is 26.2. The molecule has 10 nitrogen and oxygen atoms in total. The highest BCUT2D eigenvalue weighted by Gasteiger charge is 2.19. The van der Waals surface area contributed by atoms with E-state index in [1.54, 1.807) is 6.20 Å². The smallest absolute Gasteiger partial charge is 0.233 e. The minimum atomic E-state index is -3.57. The average Bonchev–Trinajstić information content (AvgIpc) is 3.25. The van der Waals surface area contributed by atoms with Gasteiger partial charge in [0, 0.05) is 67.4 Å². The van der Waals surface area contributed by atoms with E-state index in [0.717, 1.165) is 47.5 Å². The number of benzene rings is 1. The fourth-order valence-corrected chi connectivity index (χ4v) is 4.90. The molecule has 1 unspecified atom stereocenters. The van der Waals surface area contributed by atoms with Crippen molar-refractivity contribution in [2.75, 3.05) is 47.5 Å². The van der Waals surface area contributed by atoms with E-state index in [-0.39, 0.29) is 12.4 Å². The van der Waals surface area contributed by atoms with Gasteiger partial charge in [-0.1, -0.05) is 0 Å². The van der Waals surface area contributed by atoms with Gasteiger partial charge >= 0.3 is 0 Å². The predicted octanol–water partition coefficient (Wildman–Crippen LogP) is 2.95. The van der Waals surface area contributed by atoms with Gasteiger partial charge in [-0.2, -0.15) is 4.98 Å². The van der Waals surface area contributed by atoms with E-state index < -0.39 is 15.8 Å². The highest BCUT2D eigenvalue weighted by Crippen LogP contribution is 2.25. The first kappa shape index (κ1) is 24.9. The van der Waals surface area contributed by atoms with E-state index in [4.69, 9.17) is 0 Å². The number of hydrogen-bond donors (Lipinski definition) is 2. The Morgan fingerprint density at radius 3 is 2.70 bits per heavy atom. The summed E-state index contributed by atoms with van der Waals surface area (Å²) in [6, 6.07) is 11.8. The van der Waals surface area contributed by atoms with Crippen molar-refractivity contribution in [1.29, 1.82) is 0 Å². The molecule has 0 bridgehead atoms. The first-order chi connectivity index (χ1) is 17.7. The Morgan fingerprint density at radius 2 is 1.97 bits per heavy atom. The number of rotatable bonds is 7. The van der Waals surface area contributed by atoms with Crippen LogP contribution in [-0.2, 0) is 16.6 Å². The summed E-state index contributed by atoms with van der Waals surface area (Å²) < 4.78 is 41.1. The molecular weight excluding hydrogens is 495 g/mol. The fourth-order valence-electron chi connectivity index (χ4n) is 4.42. The Labute approximate surface area is 215 Å². The van der Waals surface area contributed by atoms with Crippen LogP contribution in [0.2, 0.25) is 0 Å². The Hall–Kier alpha value is -3.77. The van der Waals surface area contributed by atoms with Gasteiger partial charge in [0.15, 0.2) is 0 Å². The molecule has 37 heavy (non-hydrogen) atoms. The summed E-state index contributed by atoms with van der Waals surface area (Å²) in [7, 11) is -2.18. The van der Waals surface area contributed by atoms with E-state index in [9.17, 15) is 12.8 Å². The molecule has 4 aromatic rings. The molecule has 1 saturated heterocycles. The number of aromatic nitrogens is 4. The molecule has 12 heteroatoms. The summed E-state index contributed by atoms with van der Waals surface area (Å²) in [5.74, 6) is 0.0341. The summed E-state index contributed by atoms with van der Waals surface area (Å²) in [5.41, 5.74) is 3.07. The molecule has 1 aliphatic rings. The quantitative estimate of drug-likeness (QED) is 0.380. The molecule has 2 N–H and O–H groups in total. The van der Waals surface area contributed by atoms with Crippen molar-refractivity contribution in [2.45, 2.75) is 19.5 Å². The summed E-state index contributed by atoms with van der Waals surface area (Å²) in [4.78, 5) is 15.5. The van der Waals surface area contributed by atoms with E-state index in [1.165, 1.54) is 18.8 Å². The molecule has 0 radical (unpaired) electrons. The highest BCUT2D eigenvalue weighted by molar-refractivity contribution is 7.92. The van der Waals surface area contributed by atoms with Gasteiger partial charge in [0.2, 0.25) is 16.0 Å². The van der Waals surface area contributed by atoms with E-state index in [2.05, 4.69) is 49.5 Å². The summed E-state index contributed by atoms with van der Waals surface area (Å²) >= 11 is 0. The van der Waals surface area contributed by atoms with Crippen LogP contribution in [0.5, 0.6) is 0 Å². The predicted molar refractivity (Wildman–Crippen MR) is 143 cm³/mol. The number of pyridine rings is 1. The number of anilines is 4. The molecule has 0 aliphatic carbocycles. The number of sulfonamides is 1. The molecule has 1 aromatic carbocycles. The number of piperazine rings is 1. The standard InChI is InChI=1S/C25H29FN8O2S/c1-17-15-33(11-9-27-17)22-6-4-21(5-7-22)30-25-29-13-18-8-10-34(24(18)31-25)16-19-12-20(26)14-28-23(19)32(2)37(3,35)36/h4-8,10,12-14,17,27H,9,11,15-16H2,1-3H3,(H,29,30,31). The van der Waals surface area contributed by atoms with Crippen molar-refractivity contribution in [2.24, 2.45) is 0 Å². The van der Waals surface area contributed by atoms with Gasteiger partial charge in [0.1, 0.15) is 17.3 Å². The lowest BCUT2D eigenvalue weighted by Crippen LogP contribution is -2.49. The first-order valence-electron chi connectivity index (χ1n) is 11.9. The third-order valence-electron chi connectivity index (χ3n) is 6.41. The minimum Gasteiger partial charge on any atom is -0.369 e. The van der Waals surface area contributed by atoms with Crippen molar-refractivity contribution in [3.05, 3.63) is 66.4 Å². The van der Waals surface area contributed by atoms with Gasteiger partial charge in [-0.3, -0.25) is 4.31 Å². The van der Waals surface area contributed by atoms with E-state index >= 15 is 0 Å². The van der Waals surface area contributed by atoms with Crippen LogP contribution in [0.1, 0.15) is 12.5 Å². The highest BCUT2D eigenvalue weighted by atomic mass is 32.2. The average molecular weight is 525 g/mol. The maximum atomic E-state index is 14.0. The molecule has 5 rings (SSSR count). The lowest BCUT2D eigenvalue weighted by atomic mass is 10.2. The monoisotopic (exact) mass is 524 g/mol. The fraction of sp³-hybridized carbons (Fsp3) is 0.320. The normalized spacial score (nSPS) is 16.2. The van der Waals surface area contributed by atoms with Crippen LogP contribution in [0.3, 0.4) is 0 Å². The molecule has 3 aromatic heterocycles. The molecule has 1 aliphatic heterocycles. The second kappa shape index (κ2) is 9.94. The second-order valence-corrected chi connectivity index (χ2v) is 11.3. The van der Waals surface area contributed by atoms with Gasteiger partial charge in [-0.25, -0.2) is 22.8 Å². The lowest BCUT2D eigenvalue weighted by Gasteiger charge is -2.33. The molecule has 194 valence electrons. The molecule has 1 fully saturated rings. The Bertz CT molecular complexity index is 1520. The largest absolute Gasteiger partial charge is 0.369 e.